The summed E-state index contributed by atoms with van der Waals surface area (Å²) in [6, 6.07) is 139. The molecule has 129 heavy (non-hydrogen) atoms. The van der Waals surface area contributed by atoms with E-state index in [4.69, 9.17) is 0 Å². The highest BCUT2D eigenvalue weighted by Gasteiger charge is 2.50. The van der Waals surface area contributed by atoms with Crippen LogP contribution in [0.25, 0.3) is 77.9 Å². The highest BCUT2D eigenvalue weighted by molar-refractivity contribution is 7.03. The summed E-state index contributed by atoms with van der Waals surface area (Å²) in [5, 5.41) is 0. The van der Waals surface area contributed by atoms with Crippen molar-refractivity contribution in [2.45, 2.75) is 103 Å². The Morgan fingerprint density at radius 3 is 0.721 bits per heavy atom. The molecule has 4 aliphatic heterocycles. The van der Waals surface area contributed by atoms with Gasteiger partial charge in [-0.3, -0.25) is 0 Å². The molecule has 0 aromatic heterocycles. The van der Waals surface area contributed by atoms with Crippen LogP contribution in [0.1, 0.15) is 100 Å². The molecule has 4 nitrogen and oxygen atoms in total. The topological polar surface area (TPSA) is 13.0 Å². The van der Waals surface area contributed by atoms with Crippen molar-refractivity contribution in [3.05, 3.63) is 452 Å². The highest BCUT2D eigenvalue weighted by atomic mass is 15.2. The molecule has 0 radical (unpaired) electrons. The Morgan fingerprint density at radius 1 is 0.163 bits per heavy atom. The van der Waals surface area contributed by atoms with Gasteiger partial charge in [-0.15, -0.1) is 0 Å². The van der Waals surface area contributed by atoms with Gasteiger partial charge in [0.1, 0.15) is 0 Å². The van der Waals surface area contributed by atoms with E-state index in [2.05, 4.69) is 474 Å². The summed E-state index contributed by atoms with van der Waals surface area (Å²) in [6.45, 7) is 31.2. The monoisotopic (exact) mass is 1660 g/mol. The quantitative estimate of drug-likeness (QED) is 0.0795. The van der Waals surface area contributed by atoms with Crippen LogP contribution >= 0.6 is 0 Å². The minimum absolute atomic E-state index is 0.252. The van der Waals surface area contributed by atoms with Gasteiger partial charge >= 0.3 is 0 Å². The van der Waals surface area contributed by atoms with Gasteiger partial charge in [-0.1, -0.05) is 267 Å². The largest absolute Gasteiger partial charge is 0.311 e. The van der Waals surface area contributed by atoms with Crippen LogP contribution in [-0.2, 0) is 0 Å². The van der Waals surface area contributed by atoms with E-state index in [1.165, 1.54) is 205 Å². The maximum Gasteiger partial charge on any atom is 0.252 e. The lowest BCUT2D eigenvalue weighted by atomic mass is 9.30. The van der Waals surface area contributed by atoms with Crippen LogP contribution in [0.2, 0.25) is 0 Å². The zero-order chi connectivity index (χ0) is 88.1. The normalized spacial score (nSPS) is 12.7. The third-order valence-corrected chi connectivity index (χ3v) is 28.7. The Hall–Kier alpha value is -14.7. The van der Waals surface area contributed by atoms with Crippen molar-refractivity contribution in [1.82, 2.24) is 0 Å². The molecule has 0 unspecified atom stereocenters. The van der Waals surface area contributed by atoms with Crippen molar-refractivity contribution in [1.29, 1.82) is 0 Å². The molecule has 6 heteroatoms. The summed E-state index contributed by atoms with van der Waals surface area (Å²) in [4.78, 5) is 10.7. The molecule has 0 atom stereocenters. The van der Waals surface area contributed by atoms with E-state index in [9.17, 15) is 0 Å². The summed E-state index contributed by atoms with van der Waals surface area (Å²) < 4.78 is 0. The second-order valence-electron chi connectivity index (χ2n) is 36.9. The predicted octanol–water partition coefficient (Wildman–Crippen LogP) is 29.0. The fourth-order valence-corrected chi connectivity index (χ4v) is 23.1. The molecule has 0 fully saturated rings. The summed E-state index contributed by atoms with van der Waals surface area (Å²) in [7, 11) is 0. The molecule has 18 aromatic carbocycles. The molecule has 0 N–H and O–H groups in total. The van der Waals surface area contributed by atoms with E-state index < -0.39 is 0 Å². The van der Waals surface area contributed by atoms with Gasteiger partial charge < -0.3 is 19.6 Å². The van der Waals surface area contributed by atoms with E-state index in [1.54, 1.807) is 0 Å². The van der Waals surface area contributed by atoms with E-state index in [-0.39, 0.29) is 19.3 Å². The first kappa shape index (κ1) is 80.1. The number of nitrogens with zero attached hydrogens (tertiary/aromatic N) is 4. The number of hydrogen-bond donors (Lipinski definition) is 0. The van der Waals surface area contributed by atoms with E-state index in [0.29, 0.717) is 0 Å². The van der Waals surface area contributed by atoms with E-state index >= 15 is 0 Å². The molecular weight excluding hydrogens is 1560 g/mol. The maximum absolute atomic E-state index is 2.72. The number of fused-ring (bicyclic) bond motifs is 8. The predicted molar refractivity (Wildman–Crippen MR) is 553 cm³/mol. The van der Waals surface area contributed by atoms with Crippen LogP contribution in [-0.4, -0.2) is 13.4 Å². The molecule has 0 aliphatic carbocycles. The zero-order valence-corrected chi connectivity index (χ0v) is 76.1. The van der Waals surface area contributed by atoms with Crippen molar-refractivity contribution in [2.24, 2.45) is 0 Å². The van der Waals surface area contributed by atoms with Crippen LogP contribution < -0.4 is 52.4 Å². The number of benzene rings is 18. The van der Waals surface area contributed by atoms with Crippen molar-refractivity contribution >= 4 is 114 Å². The smallest absolute Gasteiger partial charge is 0.252 e. The Labute approximate surface area is 762 Å². The van der Waals surface area contributed by atoms with Gasteiger partial charge in [-0.2, -0.15) is 0 Å². The van der Waals surface area contributed by atoms with E-state index in [0.717, 1.165) is 68.2 Å². The van der Waals surface area contributed by atoms with Gasteiger partial charge in [0.2, 0.25) is 0 Å². The zero-order valence-electron chi connectivity index (χ0n) is 76.1. The average molecular weight is 1660 g/mol. The molecule has 0 amide bonds. The molecule has 0 saturated heterocycles. The van der Waals surface area contributed by atoms with Gasteiger partial charge in [0.05, 0.1) is 0 Å². The number of aryl methyl sites for hydroxylation is 14. The summed E-state index contributed by atoms with van der Waals surface area (Å²) in [5.41, 5.74) is 59.3. The molecule has 620 valence electrons. The third-order valence-electron chi connectivity index (χ3n) is 28.7. The van der Waals surface area contributed by atoms with Gasteiger partial charge in [-0.05, 0) is 393 Å². The standard InChI is InChI=1S/C123H102B2N4/c1-74-30-21-31-75(2)114(74)88-52-56-90(57-53-88)121(91-58-54-89(55-59-91)115-76(3)32-22-33-77(115)4)97-70-111-123-113(71-97)129(101-51-29-45-93(65-101)117-80(7)36-24-37-81(117)8)107-67-95(119-84(11)40-26-41-85(119)12)61-63-103(107)125(123)105-72-104-108(73-109(105)127(111)99-48-19-16-20-49-99)126(98-46-17-15-18-47-98)110-68-96(120-86(13)42-27-43-87(120)14)69-112-122(110)124(104)102-62-60-94(118-82(9)38-25-39-83(118)10)66-106(102)128(112)100-50-28-44-92(64-100)116-78(5)34-23-35-79(116)6/h15-73,121H,1-14H3. The van der Waals surface area contributed by atoms with Crippen LogP contribution in [0, 0.1) is 96.9 Å². The number of para-hydroxylation sites is 2. The van der Waals surface area contributed by atoms with Gasteiger partial charge in [0, 0.05) is 74.2 Å². The van der Waals surface area contributed by atoms with Gasteiger partial charge in [-0.25, -0.2) is 0 Å². The van der Waals surface area contributed by atoms with Gasteiger partial charge in [0.15, 0.2) is 0 Å². The number of anilines is 12. The van der Waals surface area contributed by atoms with Crippen LogP contribution in [0.15, 0.2) is 358 Å². The Morgan fingerprint density at radius 2 is 0.403 bits per heavy atom. The number of hydrogen-bond acceptors (Lipinski definition) is 4. The lowest BCUT2D eigenvalue weighted by Crippen LogP contribution is -2.65. The second-order valence-corrected chi connectivity index (χ2v) is 36.9. The first-order valence-corrected chi connectivity index (χ1v) is 45.8. The van der Waals surface area contributed by atoms with Crippen LogP contribution in [0.3, 0.4) is 0 Å². The number of rotatable bonds is 14. The fraction of sp³-hybridized carbons (Fsp3) is 0.122. The highest BCUT2D eigenvalue weighted by Crippen LogP contribution is 2.54. The molecule has 0 saturated carbocycles. The van der Waals surface area contributed by atoms with Crippen molar-refractivity contribution < 1.29 is 0 Å². The molecule has 22 rings (SSSR count). The van der Waals surface area contributed by atoms with Crippen molar-refractivity contribution in [3.63, 3.8) is 0 Å². The molecule has 18 aromatic rings. The average Bonchev–Trinajstić information content (AvgIpc) is 0.675. The Bertz CT molecular complexity index is 7390. The Kier molecular flexibility index (Phi) is 19.7. The first-order valence-electron chi connectivity index (χ1n) is 45.8. The van der Waals surface area contributed by atoms with Gasteiger partial charge in [0.25, 0.3) is 13.4 Å². The SMILES string of the molecule is Cc1cccc(C)c1-c1ccc(C(c2ccc(-c3c(C)cccc3C)cc2)c2cc3c4c(c2)N(c2ccccc2)c2cc5c(cc2B4c2ccc(-c4c(C)cccc4C)cc2N3c2cccc(-c3c(C)cccc3C)c2)B2c3ccc(-c4c(C)cccc4C)cc3N(c3cccc(-c4c(C)cccc4C)c3)c3cc(-c4c(C)cccc4C)cc(c32)N5c2ccccc2)cc1. The maximum atomic E-state index is 2.72. The second kappa shape index (κ2) is 31.7. The molecule has 0 bridgehead atoms. The lowest BCUT2D eigenvalue weighted by Gasteiger charge is -2.48. The van der Waals surface area contributed by atoms with Crippen molar-refractivity contribution in [3.8, 4) is 77.9 Å². The molecule has 4 heterocycles. The van der Waals surface area contributed by atoms with Crippen LogP contribution in [0.4, 0.5) is 68.2 Å². The summed E-state index contributed by atoms with van der Waals surface area (Å²) in [5.74, 6) is -0.252. The fourth-order valence-electron chi connectivity index (χ4n) is 23.1. The first-order chi connectivity index (χ1) is 62.8. The molecule has 4 aliphatic rings. The molecule has 0 spiro atoms. The molecular formula is C123H102B2N4. The third kappa shape index (κ3) is 13.3. The lowest BCUT2D eigenvalue weighted by molar-refractivity contribution is 0.976. The van der Waals surface area contributed by atoms with Crippen LogP contribution in [0.5, 0.6) is 0 Å². The minimum Gasteiger partial charge on any atom is -0.311 e. The minimum atomic E-state index is -0.299. The summed E-state index contributed by atoms with van der Waals surface area (Å²) >= 11 is 0. The van der Waals surface area contributed by atoms with Crippen molar-refractivity contribution in [2.75, 3.05) is 19.6 Å². The van der Waals surface area contributed by atoms with E-state index in [1.807, 2.05) is 0 Å². The Balaban J connectivity index is 0.873. The summed E-state index contributed by atoms with van der Waals surface area (Å²) in [6.07, 6.45) is 0.